The van der Waals surface area contributed by atoms with Gasteiger partial charge in [-0.2, -0.15) is 0 Å². The summed E-state index contributed by atoms with van der Waals surface area (Å²) >= 11 is 1.11. The van der Waals surface area contributed by atoms with Gasteiger partial charge < -0.3 is 10.2 Å². The lowest BCUT2D eigenvalue weighted by molar-refractivity contribution is -0.114. The van der Waals surface area contributed by atoms with Gasteiger partial charge in [-0.3, -0.25) is 9.59 Å². The molecule has 0 radical (unpaired) electrons. The summed E-state index contributed by atoms with van der Waals surface area (Å²) in [6.45, 7) is 2.93. The molecule has 0 saturated heterocycles. The van der Waals surface area contributed by atoms with Crippen molar-refractivity contribution < 1.29 is 18.4 Å². The van der Waals surface area contributed by atoms with Crippen molar-refractivity contribution in [3.63, 3.8) is 0 Å². The van der Waals surface area contributed by atoms with Crippen LogP contribution in [0.5, 0.6) is 0 Å². The van der Waals surface area contributed by atoms with Gasteiger partial charge in [0.15, 0.2) is 5.13 Å². The van der Waals surface area contributed by atoms with Crippen LogP contribution < -0.4 is 5.32 Å². The molecule has 5 nitrogen and oxygen atoms in total. The van der Waals surface area contributed by atoms with Gasteiger partial charge in [-0.15, -0.1) is 11.3 Å². The van der Waals surface area contributed by atoms with Crippen molar-refractivity contribution in [2.24, 2.45) is 0 Å². The molecule has 0 bridgehead atoms. The highest BCUT2D eigenvalue weighted by Crippen LogP contribution is 2.25. The van der Waals surface area contributed by atoms with Crippen LogP contribution in [0.1, 0.15) is 35.9 Å². The highest BCUT2D eigenvalue weighted by atomic mass is 32.1. The third kappa shape index (κ3) is 3.89. The number of amides is 2. The van der Waals surface area contributed by atoms with Gasteiger partial charge in [0.05, 0.1) is 6.04 Å². The first-order valence-corrected chi connectivity index (χ1v) is 7.62. The van der Waals surface area contributed by atoms with E-state index in [1.54, 1.807) is 6.92 Å². The van der Waals surface area contributed by atoms with Crippen molar-refractivity contribution in [3.8, 4) is 0 Å². The Hall–Kier alpha value is -2.35. The molecular weight excluding hydrogens is 324 g/mol. The number of aromatic nitrogens is 1. The zero-order valence-corrected chi connectivity index (χ0v) is 13.6. The summed E-state index contributed by atoms with van der Waals surface area (Å²) in [7, 11) is 1.48. The fourth-order valence-electron chi connectivity index (χ4n) is 1.98. The molecule has 1 N–H and O–H groups in total. The Balaban J connectivity index is 2.20. The van der Waals surface area contributed by atoms with E-state index in [9.17, 15) is 18.4 Å². The molecule has 0 aliphatic heterocycles. The lowest BCUT2D eigenvalue weighted by Gasteiger charge is -2.25. The van der Waals surface area contributed by atoms with Crippen LogP contribution in [0.3, 0.4) is 0 Å². The number of carbonyl (C=O) groups is 2. The monoisotopic (exact) mass is 339 g/mol. The van der Waals surface area contributed by atoms with Crippen LogP contribution in [0.15, 0.2) is 23.6 Å². The molecular formula is C15H15F2N3O2S. The summed E-state index contributed by atoms with van der Waals surface area (Å²) in [4.78, 5) is 28.7. The number of anilines is 1. The maximum Gasteiger partial charge on any atom is 0.273 e. The van der Waals surface area contributed by atoms with Gasteiger partial charge in [0.2, 0.25) is 5.91 Å². The number of thiazole rings is 1. The lowest BCUT2D eigenvalue weighted by Crippen LogP contribution is -2.30. The second-order valence-electron chi connectivity index (χ2n) is 4.98. The smallest absolute Gasteiger partial charge is 0.273 e. The standard InChI is InChI=1S/C15H15F2N3O2S/c1-8(11-6-10(16)4-5-12(11)17)20(3)14(22)13-7-23-15(19-13)18-9(2)21/h4-8H,1-3H3,(H,18,19,21). The molecule has 1 aromatic heterocycles. The molecule has 2 amide bonds. The molecule has 2 aromatic rings. The molecule has 8 heteroatoms. The Labute approximate surface area is 136 Å². The molecule has 23 heavy (non-hydrogen) atoms. The maximum absolute atomic E-state index is 13.8. The highest BCUT2D eigenvalue weighted by Gasteiger charge is 2.23. The Morgan fingerprint density at radius 3 is 2.70 bits per heavy atom. The molecule has 0 saturated carbocycles. The van der Waals surface area contributed by atoms with Gasteiger partial charge in [-0.05, 0) is 25.1 Å². The average Bonchev–Trinajstić information content (AvgIpc) is 2.95. The quantitative estimate of drug-likeness (QED) is 0.930. The van der Waals surface area contributed by atoms with Crippen LogP contribution in [0.25, 0.3) is 0 Å². The van der Waals surface area contributed by atoms with E-state index in [-0.39, 0.29) is 17.2 Å². The van der Waals surface area contributed by atoms with E-state index < -0.39 is 23.6 Å². The first-order valence-electron chi connectivity index (χ1n) is 6.75. The molecule has 1 aromatic carbocycles. The van der Waals surface area contributed by atoms with E-state index in [2.05, 4.69) is 10.3 Å². The summed E-state index contributed by atoms with van der Waals surface area (Å²) in [6.07, 6.45) is 0. The van der Waals surface area contributed by atoms with Gasteiger partial charge >= 0.3 is 0 Å². The van der Waals surface area contributed by atoms with E-state index in [1.165, 1.54) is 24.3 Å². The number of nitrogens with one attached hydrogen (secondary N) is 1. The van der Waals surface area contributed by atoms with Crippen LogP contribution in [-0.2, 0) is 4.79 Å². The van der Waals surface area contributed by atoms with Gasteiger partial charge in [0, 0.05) is 24.9 Å². The Kier molecular flexibility index (Phi) is 5.05. The van der Waals surface area contributed by atoms with Crippen molar-refractivity contribution in [2.75, 3.05) is 12.4 Å². The number of hydrogen-bond acceptors (Lipinski definition) is 4. The molecule has 1 unspecified atom stereocenters. The third-order valence-corrected chi connectivity index (χ3v) is 4.07. The Morgan fingerprint density at radius 2 is 2.04 bits per heavy atom. The highest BCUT2D eigenvalue weighted by molar-refractivity contribution is 7.14. The lowest BCUT2D eigenvalue weighted by atomic mass is 10.1. The van der Waals surface area contributed by atoms with Crippen molar-refractivity contribution in [3.05, 3.63) is 46.5 Å². The number of carbonyl (C=O) groups excluding carboxylic acids is 2. The van der Waals surface area contributed by atoms with Gasteiger partial charge in [-0.1, -0.05) is 0 Å². The summed E-state index contributed by atoms with van der Waals surface area (Å²) in [5.41, 5.74) is 0.211. The topological polar surface area (TPSA) is 62.3 Å². The second kappa shape index (κ2) is 6.82. The van der Waals surface area contributed by atoms with E-state index >= 15 is 0 Å². The summed E-state index contributed by atoms with van der Waals surface area (Å²) in [5, 5.41) is 4.29. The first-order chi connectivity index (χ1) is 10.8. The number of halogens is 2. The Morgan fingerprint density at radius 1 is 1.35 bits per heavy atom. The normalized spacial score (nSPS) is 11.9. The number of hydrogen-bond donors (Lipinski definition) is 1. The van der Waals surface area contributed by atoms with Crippen LogP contribution in [0, 0.1) is 11.6 Å². The van der Waals surface area contributed by atoms with Crippen LogP contribution >= 0.6 is 11.3 Å². The van der Waals surface area contributed by atoms with Crippen molar-refractivity contribution in [1.82, 2.24) is 9.88 Å². The number of rotatable bonds is 4. The van der Waals surface area contributed by atoms with Crippen molar-refractivity contribution >= 4 is 28.3 Å². The summed E-state index contributed by atoms with van der Waals surface area (Å²) in [6, 6.07) is 2.43. The van der Waals surface area contributed by atoms with Gasteiger partial charge in [-0.25, -0.2) is 13.8 Å². The maximum atomic E-state index is 13.8. The van der Waals surface area contributed by atoms with E-state index in [4.69, 9.17) is 0 Å². The minimum atomic E-state index is -0.677. The predicted octanol–water partition coefficient (Wildman–Crippen LogP) is 3.21. The van der Waals surface area contributed by atoms with Gasteiger partial charge in [0.1, 0.15) is 17.3 Å². The minimum absolute atomic E-state index is 0.0816. The summed E-state index contributed by atoms with van der Waals surface area (Å²) < 4.78 is 27.1. The first kappa shape index (κ1) is 17.0. The minimum Gasteiger partial charge on any atom is -0.333 e. The Bertz CT molecular complexity index is 748. The zero-order chi connectivity index (χ0) is 17.1. The number of benzene rings is 1. The van der Waals surface area contributed by atoms with E-state index in [0.717, 1.165) is 29.5 Å². The van der Waals surface area contributed by atoms with Crippen LogP contribution in [0.2, 0.25) is 0 Å². The molecule has 1 atom stereocenters. The third-order valence-electron chi connectivity index (χ3n) is 3.32. The largest absolute Gasteiger partial charge is 0.333 e. The fraction of sp³-hybridized carbons (Fsp3) is 0.267. The molecule has 0 fully saturated rings. The predicted molar refractivity (Wildman–Crippen MR) is 83.3 cm³/mol. The average molecular weight is 339 g/mol. The number of nitrogens with zero attached hydrogens (tertiary/aromatic N) is 2. The molecule has 122 valence electrons. The molecule has 0 aliphatic carbocycles. The van der Waals surface area contributed by atoms with Gasteiger partial charge in [0.25, 0.3) is 5.91 Å². The van der Waals surface area contributed by atoms with Crippen LogP contribution in [-0.4, -0.2) is 28.7 Å². The van der Waals surface area contributed by atoms with Crippen LogP contribution in [0.4, 0.5) is 13.9 Å². The second-order valence-corrected chi connectivity index (χ2v) is 5.84. The zero-order valence-electron chi connectivity index (χ0n) is 12.8. The van der Waals surface area contributed by atoms with Crippen molar-refractivity contribution in [1.29, 1.82) is 0 Å². The van der Waals surface area contributed by atoms with E-state index in [0.29, 0.717) is 5.13 Å². The summed E-state index contributed by atoms with van der Waals surface area (Å²) in [5.74, 6) is -1.90. The van der Waals surface area contributed by atoms with Crippen molar-refractivity contribution in [2.45, 2.75) is 19.9 Å². The fourth-order valence-corrected chi connectivity index (χ4v) is 2.71. The SMILES string of the molecule is CC(=O)Nc1nc(C(=O)N(C)C(C)c2cc(F)ccc2F)cs1. The molecule has 1 heterocycles. The molecule has 0 spiro atoms. The molecule has 2 rings (SSSR count). The molecule has 0 aliphatic rings. The van der Waals surface area contributed by atoms with E-state index in [1.807, 2.05) is 0 Å².